The molecular formula is C29H27F8N5O2. The number of aromatic nitrogens is 2. The number of carbonyl (C=O) groups excluding carboxylic acids is 1. The van der Waals surface area contributed by atoms with Crippen molar-refractivity contribution in [3.8, 4) is 11.5 Å². The number of aliphatic imine (C=N–C) groups is 1. The van der Waals surface area contributed by atoms with Crippen LogP contribution in [-0.4, -0.2) is 52.8 Å². The molecule has 15 heteroatoms. The summed E-state index contributed by atoms with van der Waals surface area (Å²) in [6, 6.07) is 3.20. The average Bonchev–Trinajstić information content (AvgIpc) is 2.96. The number of alkyl halides is 3. The first-order valence-electron chi connectivity index (χ1n) is 13.0. The molecule has 0 saturated carbocycles. The second kappa shape index (κ2) is 13.8. The number of carbonyl (C=O) groups is 1. The number of nitrogens with zero attached hydrogens (tertiary/aromatic N) is 4. The van der Waals surface area contributed by atoms with Crippen LogP contribution in [0.5, 0.6) is 11.5 Å². The van der Waals surface area contributed by atoms with Crippen LogP contribution in [0.4, 0.5) is 40.9 Å². The van der Waals surface area contributed by atoms with Gasteiger partial charge in [0.2, 0.25) is 17.4 Å². The zero-order chi connectivity index (χ0) is 32.9. The normalized spacial score (nSPS) is 15.4. The Hall–Kier alpha value is -4.56. The lowest BCUT2D eigenvalue weighted by atomic mass is 9.99. The minimum atomic E-state index is -4.61. The number of hydrogen-bond donors (Lipinski definition) is 1. The van der Waals surface area contributed by atoms with Crippen molar-refractivity contribution < 1.29 is 44.7 Å². The molecule has 1 saturated heterocycles. The molecule has 1 aromatic heterocycles. The van der Waals surface area contributed by atoms with E-state index in [4.69, 9.17) is 10.5 Å². The molecule has 0 aliphatic carbocycles. The highest BCUT2D eigenvalue weighted by molar-refractivity contribution is 6.16. The fourth-order valence-electron chi connectivity index (χ4n) is 4.35. The number of nitrogen functional groups attached to an aromatic ring is 1. The van der Waals surface area contributed by atoms with Crippen molar-refractivity contribution in [3.63, 3.8) is 0 Å². The van der Waals surface area contributed by atoms with Gasteiger partial charge in [-0.2, -0.15) is 22.0 Å². The SMILES string of the molecule is C=C(C(=O)N1CCCC(C)C1)C(F)(F)F.CN=C(c1ccc(Oc2c(F)c(F)cc(F)c2F)cc1F)c1c(C)ncnc1N. The van der Waals surface area contributed by atoms with Crippen molar-refractivity contribution in [2.24, 2.45) is 10.9 Å². The van der Waals surface area contributed by atoms with Crippen LogP contribution in [-0.2, 0) is 4.79 Å². The van der Waals surface area contributed by atoms with Gasteiger partial charge in [0.15, 0.2) is 11.6 Å². The van der Waals surface area contributed by atoms with E-state index in [1.165, 1.54) is 24.3 Å². The molecule has 2 N–H and O–H groups in total. The highest BCUT2D eigenvalue weighted by Gasteiger charge is 2.39. The monoisotopic (exact) mass is 629 g/mol. The Labute approximate surface area is 247 Å². The van der Waals surface area contributed by atoms with Crippen LogP contribution < -0.4 is 10.5 Å². The molecule has 1 atom stereocenters. The second-order valence-corrected chi connectivity index (χ2v) is 9.81. The third-order valence-electron chi connectivity index (χ3n) is 6.56. The fourth-order valence-corrected chi connectivity index (χ4v) is 4.35. The Morgan fingerprint density at radius 3 is 2.23 bits per heavy atom. The molecule has 1 aliphatic heterocycles. The van der Waals surface area contributed by atoms with Crippen molar-refractivity contribution in [2.75, 3.05) is 25.9 Å². The summed E-state index contributed by atoms with van der Waals surface area (Å²) in [7, 11) is 1.41. The number of piperidine rings is 1. The van der Waals surface area contributed by atoms with Crippen molar-refractivity contribution in [2.45, 2.75) is 32.9 Å². The number of ether oxygens (including phenoxy) is 1. The van der Waals surface area contributed by atoms with Crippen molar-refractivity contribution in [3.05, 3.63) is 88.7 Å². The van der Waals surface area contributed by atoms with E-state index >= 15 is 0 Å². The van der Waals surface area contributed by atoms with Gasteiger partial charge in [0.05, 0.1) is 17.0 Å². The number of aryl methyl sites for hydroxylation is 1. The summed E-state index contributed by atoms with van der Waals surface area (Å²) in [5.41, 5.74) is 5.47. The van der Waals surface area contributed by atoms with E-state index in [0.717, 1.165) is 25.0 Å². The van der Waals surface area contributed by atoms with Crippen LogP contribution in [0.3, 0.4) is 0 Å². The quantitative estimate of drug-likeness (QED) is 0.147. The molecule has 1 aliphatic rings. The van der Waals surface area contributed by atoms with E-state index in [9.17, 15) is 39.9 Å². The van der Waals surface area contributed by atoms with Gasteiger partial charge in [-0.3, -0.25) is 9.79 Å². The van der Waals surface area contributed by atoms with Gasteiger partial charge in [0.25, 0.3) is 5.91 Å². The fraction of sp³-hybridized carbons (Fsp3) is 0.310. The van der Waals surface area contributed by atoms with Crippen LogP contribution in [0.15, 0.2) is 47.7 Å². The topological polar surface area (TPSA) is 93.7 Å². The van der Waals surface area contributed by atoms with Crippen LogP contribution in [0.1, 0.15) is 36.6 Å². The largest absolute Gasteiger partial charge is 0.451 e. The van der Waals surface area contributed by atoms with Gasteiger partial charge >= 0.3 is 6.18 Å². The van der Waals surface area contributed by atoms with Crippen LogP contribution >= 0.6 is 0 Å². The average molecular weight is 630 g/mol. The number of anilines is 1. The smallest absolute Gasteiger partial charge is 0.421 e. The molecule has 2 aromatic carbocycles. The lowest BCUT2D eigenvalue weighted by molar-refractivity contribution is -0.140. The van der Waals surface area contributed by atoms with Crippen LogP contribution in [0, 0.1) is 41.9 Å². The first-order valence-corrected chi connectivity index (χ1v) is 13.0. The second-order valence-electron chi connectivity index (χ2n) is 9.81. The molecule has 0 spiro atoms. The number of hydrogen-bond acceptors (Lipinski definition) is 6. The van der Waals surface area contributed by atoms with Gasteiger partial charge in [-0.25, -0.2) is 23.1 Å². The molecule has 1 fully saturated rings. The van der Waals surface area contributed by atoms with E-state index in [0.29, 0.717) is 24.3 Å². The van der Waals surface area contributed by atoms with Gasteiger partial charge in [0.1, 0.15) is 29.3 Å². The zero-order valence-electron chi connectivity index (χ0n) is 23.7. The predicted octanol–water partition coefficient (Wildman–Crippen LogP) is 6.69. The maximum atomic E-state index is 14.7. The summed E-state index contributed by atoms with van der Waals surface area (Å²) >= 11 is 0. The highest BCUT2D eigenvalue weighted by Crippen LogP contribution is 2.32. The van der Waals surface area contributed by atoms with Gasteiger partial charge in [-0.05, 0) is 37.8 Å². The number of halogens is 8. The summed E-state index contributed by atoms with van der Waals surface area (Å²) < 4.78 is 110. The maximum Gasteiger partial charge on any atom is 0.421 e. The summed E-state index contributed by atoms with van der Waals surface area (Å²) in [4.78, 5) is 24.5. The molecule has 3 aromatic rings. The van der Waals surface area contributed by atoms with Gasteiger partial charge in [0, 0.05) is 37.8 Å². The van der Waals surface area contributed by atoms with Gasteiger partial charge < -0.3 is 15.4 Å². The molecule has 0 radical (unpaired) electrons. The van der Waals surface area contributed by atoms with Crippen molar-refractivity contribution >= 4 is 17.4 Å². The third kappa shape index (κ3) is 7.68. The summed E-state index contributed by atoms with van der Waals surface area (Å²) in [6.07, 6.45) is -1.64. The van der Waals surface area contributed by atoms with E-state index in [-0.39, 0.29) is 29.1 Å². The number of benzene rings is 2. The van der Waals surface area contributed by atoms with E-state index < -0.39 is 58.2 Å². The Bertz CT molecular complexity index is 1550. The lowest BCUT2D eigenvalue weighted by Gasteiger charge is -2.31. The molecule has 1 unspecified atom stereocenters. The van der Waals surface area contributed by atoms with Crippen LogP contribution in [0.2, 0.25) is 0 Å². The molecule has 2 heterocycles. The number of rotatable bonds is 5. The standard InChI is InChI=1S/C19H13F5N4O.C10H14F3NO/c1-8-14(19(25)28-7-27-8)17(26-2)10-4-3-9(5-11(10)20)29-18-15(23)12(21)6-13(22)16(18)24;1-7-4-3-5-14(6-7)9(15)8(2)10(11,12)13/h3-7H,1-2H3,(H2,25,27,28);7H,2-6H2,1H3. The molecular weight excluding hydrogens is 602 g/mol. The minimum absolute atomic E-state index is 0.0178. The molecule has 7 nitrogen and oxygen atoms in total. The number of likely N-dealkylation sites (tertiary alicyclic amines) is 1. The Balaban J connectivity index is 0.000000297. The molecule has 44 heavy (non-hydrogen) atoms. The minimum Gasteiger partial charge on any atom is -0.451 e. The number of amides is 1. The van der Waals surface area contributed by atoms with Crippen LogP contribution in [0.25, 0.3) is 0 Å². The zero-order valence-corrected chi connectivity index (χ0v) is 23.7. The molecule has 1 amide bonds. The van der Waals surface area contributed by atoms with Gasteiger partial charge in [-0.15, -0.1) is 0 Å². The Kier molecular flexibility index (Phi) is 10.7. The van der Waals surface area contributed by atoms with E-state index in [2.05, 4.69) is 21.5 Å². The first kappa shape index (κ1) is 33.9. The first-order chi connectivity index (χ1) is 20.6. The van der Waals surface area contributed by atoms with Crippen molar-refractivity contribution in [1.29, 1.82) is 0 Å². The lowest BCUT2D eigenvalue weighted by Crippen LogP contribution is -2.42. The van der Waals surface area contributed by atoms with Crippen molar-refractivity contribution in [1.82, 2.24) is 14.9 Å². The number of nitrogens with two attached hydrogens (primary N) is 1. The Morgan fingerprint density at radius 2 is 1.70 bits per heavy atom. The Morgan fingerprint density at radius 1 is 1.07 bits per heavy atom. The summed E-state index contributed by atoms with van der Waals surface area (Å²) in [6.45, 7) is 7.17. The highest BCUT2D eigenvalue weighted by atomic mass is 19.4. The summed E-state index contributed by atoms with van der Waals surface area (Å²) in [5.74, 6) is -10.0. The molecule has 236 valence electrons. The summed E-state index contributed by atoms with van der Waals surface area (Å²) in [5, 5.41) is 0. The maximum absolute atomic E-state index is 14.7. The third-order valence-corrected chi connectivity index (χ3v) is 6.56. The van der Waals surface area contributed by atoms with Gasteiger partial charge in [-0.1, -0.05) is 13.5 Å². The van der Waals surface area contributed by atoms with E-state index in [1.807, 2.05) is 6.92 Å². The molecule has 4 rings (SSSR count). The predicted molar refractivity (Wildman–Crippen MR) is 146 cm³/mol. The molecule has 0 bridgehead atoms. The van der Waals surface area contributed by atoms with E-state index in [1.54, 1.807) is 6.92 Å².